The standard InChI is InChI=1S/C22H21F2N5O2/c1-22(12-31-13-22)11-25-21(27-20(30)15-4-8-17(24)9-5-15)26-19-10-18(28-29-19)14-2-6-16(23)7-3-14/h2-10H,11-13H2,1H3,(H3,25,26,27,28,29,30). The van der Waals surface area contributed by atoms with Crippen LogP contribution in [0.2, 0.25) is 0 Å². The first-order valence-electron chi connectivity index (χ1n) is 9.68. The number of nitrogens with zero attached hydrogens (tertiary/aromatic N) is 2. The third-order valence-corrected chi connectivity index (χ3v) is 4.84. The molecule has 31 heavy (non-hydrogen) atoms. The maximum Gasteiger partial charge on any atom is 0.257 e. The second kappa shape index (κ2) is 8.65. The van der Waals surface area contributed by atoms with Crippen LogP contribution < -0.4 is 10.6 Å². The van der Waals surface area contributed by atoms with E-state index < -0.39 is 11.7 Å². The van der Waals surface area contributed by atoms with E-state index in [2.05, 4.69) is 25.8 Å². The summed E-state index contributed by atoms with van der Waals surface area (Å²) in [5.41, 5.74) is 1.63. The van der Waals surface area contributed by atoms with Gasteiger partial charge in [-0.25, -0.2) is 8.78 Å². The van der Waals surface area contributed by atoms with Gasteiger partial charge in [0.2, 0.25) is 5.96 Å². The van der Waals surface area contributed by atoms with Gasteiger partial charge < -0.3 is 10.1 Å². The molecule has 3 N–H and O–H groups in total. The number of guanidine groups is 1. The van der Waals surface area contributed by atoms with Crippen molar-refractivity contribution in [2.75, 3.05) is 25.1 Å². The predicted molar refractivity (Wildman–Crippen MR) is 113 cm³/mol. The van der Waals surface area contributed by atoms with Crippen LogP contribution in [0.4, 0.5) is 14.6 Å². The Morgan fingerprint density at radius 1 is 1.13 bits per heavy atom. The van der Waals surface area contributed by atoms with Crippen molar-refractivity contribution in [2.24, 2.45) is 10.4 Å². The molecule has 7 nitrogen and oxygen atoms in total. The van der Waals surface area contributed by atoms with E-state index in [4.69, 9.17) is 4.74 Å². The van der Waals surface area contributed by atoms with Crippen molar-refractivity contribution in [3.63, 3.8) is 0 Å². The number of nitrogens with one attached hydrogen (secondary N) is 3. The highest BCUT2D eigenvalue weighted by Crippen LogP contribution is 2.26. The van der Waals surface area contributed by atoms with Gasteiger partial charge in [0, 0.05) is 17.0 Å². The van der Waals surface area contributed by atoms with E-state index in [1.807, 2.05) is 6.92 Å². The maximum absolute atomic E-state index is 13.2. The minimum absolute atomic E-state index is 0.0988. The molecular formula is C22H21F2N5O2. The summed E-state index contributed by atoms with van der Waals surface area (Å²) >= 11 is 0. The summed E-state index contributed by atoms with van der Waals surface area (Å²) in [6.45, 7) is 3.66. The van der Waals surface area contributed by atoms with Gasteiger partial charge in [0.05, 0.1) is 25.5 Å². The molecule has 1 amide bonds. The van der Waals surface area contributed by atoms with Crippen LogP contribution >= 0.6 is 0 Å². The van der Waals surface area contributed by atoms with Gasteiger partial charge >= 0.3 is 0 Å². The Labute approximate surface area is 177 Å². The van der Waals surface area contributed by atoms with E-state index in [1.165, 1.54) is 36.4 Å². The van der Waals surface area contributed by atoms with Gasteiger partial charge in [0.1, 0.15) is 11.6 Å². The summed E-state index contributed by atoms with van der Waals surface area (Å²) in [5, 5.41) is 12.8. The summed E-state index contributed by atoms with van der Waals surface area (Å²) < 4.78 is 31.6. The lowest BCUT2D eigenvalue weighted by Gasteiger charge is -2.36. The highest BCUT2D eigenvalue weighted by molar-refractivity contribution is 6.09. The van der Waals surface area contributed by atoms with Gasteiger partial charge in [-0.1, -0.05) is 6.92 Å². The van der Waals surface area contributed by atoms with Crippen LogP contribution in [0.5, 0.6) is 0 Å². The summed E-state index contributed by atoms with van der Waals surface area (Å²) in [4.78, 5) is 17.1. The first-order chi connectivity index (χ1) is 14.9. The number of aromatic amines is 1. The molecule has 1 aliphatic rings. The van der Waals surface area contributed by atoms with Crippen molar-refractivity contribution in [3.8, 4) is 11.3 Å². The summed E-state index contributed by atoms with van der Waals surface area (Å²) in [6.07, 6.45) is 0. The SMILES string of the molecule is CC1(CN=C(NC(=O)c2ccc(F)cc2)Nc2cc(-c3ccc(F)cc3)[nH]n2)COC1. The van der Waals surface area contributed by atoms with Crippen LogP contribution in [0.25, 0.3) is 11.3 Å². The number of amides is 1. The van der Waals surface area contributed by atoms with Crippen molar-refractivity contribution in [1.82, 2.24) is 15.5 Å². The van der Waals surface area contributed by atoms with E-state index in [9.17, 15) is 13.6 Å². The predicted octanol–water partition coefficient (Wildman–Crippen LogP) is 3.59. The van der Waals surface area contributed by atoms with Crippen LogP contribution in [0, 0.1) is 17.0 Å². The number of benzene rings is 2. The van der Waals surface area contributed by atoms with Gasteiger partial charge in [-0.3, -0.25) is 20.2 Å². The van der Waals surface area contributed by atoms with Gasteiger partial charge in [-0.05, 0) is 54.1 Å². The molecule has 0 radical (unpaired) electrons. The fourth-order valence-electron chi connectivity index (χ4n) is 2.99. The number of aromatic nitrogens is 2. The third kappa shape index (κ3) is 5.13. The average Bonchev–Trinajstić information content (AvgIpc) is 3.20. The third-order valence-electron chi connectivity index (χ3n) is 4.84. The zero-order chi connectivity index (χ0) is 21.8. The minimum atomic E-state index is -0.435. The first-order valence-corrected chi connectivity index (χ1v) is 9.68. The number of H-pyrrole nitrogens is 1. The highest BCUT2D eigenvalue weighted by Gasteiger charge is 2.33. The lowest BCUT2D eigenvalue weighted by molar-refractivity contribution is -0.0944. The number of halogens is 2. The Bertz CT molecular complexity index is 1090. The molecule has 160 valence electrons. The van der Waals surface area contributed by atoms with Crippen molar-refractivity contribution in [1.29, 1.82) is 0 Å². The number of aliphatic imine (C=N–C) groups is 1. The van der Waals surface area contributed by atoms with Crippen molar-refractivity contribution < 1.29 is 18.3 Å². The average molecular weight is 425 g/mol. The van der Waals surface area contributed by atoms with Crippen molar-refractivity contribution in [3.05, 3.63) is 71.8 Å². The number of anilines is 1. The number of carbonyl (C=O) groups is 1. The zero-order valence-corrected chi connectivity index (χ0v) is 16.8. The molecule has 0 bridgehead atoms. The molecule has 0 spiro atoms. The van der Waals surface area contributed by atoms with Gasteiger partial charge in [0.15, 0.2) is 5.82 Å². The van der Waals surface area contributed by atoms with Gasteiger partial charge in [-0.2, -0.15) is 5.10 Å². The van der Waals surface area contributed by atoms with Crippen molar-refractivity contribution >= 4 is 17.7 Å². The molecule has 1 fully saturated rings. The number of carbonyl (C=O) groups excluding carboxylic acids is 1. The van der Waals surface area contributed by atoms with Crippen LogP contribution in [-0.2, 0) is 4.74 Å². The highest BCUT2D eigenvalue weighted by atomic mass is 19.1. The van der Waals surface area contributed by atoms with Gasteiger partial charge in [-0.15, -0.1) is 0 Å². The number of ether oxygens (including phenoxy) is 1. The minimum Gasteiger partial charge on any atom is -0.380 e. The number of rotatable bonds is 5. The first kappa shape index (κ1) is 20.7. The van der Waals surface area contributed by atoms with Crippen LogP contribution in [0.15, 0.2) is 59.6 Å². The molecule has 4 rings (SSSR count). The lowest BCUT2D eigenvalue weighted by atomic mass is 9.89. The molecule has 3 aromatic rings. The monoisotopic (exact) mass is 425 g/mol. The molecule has 1 aliphatic heterocycles. The fraction of sp³-hybridized carbons (Fsp3) is 0.227. The maximum atomic E-state index is 13.2. The summed E-state index contributed by atoms with van der Waals surface area (Å²) in [7, 11) is 0. The Kier molecular flexibility index (Phi) is 5.77. The smallest absolute Gasteiger partial charge is 0.257 e. The molecule has 9 heteroatoms. The molecule has 1 aromatic heterocycles. The van der Waals surface area contributed by atoms with Crippen LogP contribution in [-0.4, -0.2) is 41.8 Å². The molecule has 0 unspecified atom stereocenters. The molecule has 0 atom stereocenters. The molecule has 0 aliphatic carbocycles. The van der Waals surface area contributed by atoms with E-state index in [1.54, 1.807) is 18.2 Å². The van der Waals surface area contributed by atoms with Crippen LogP contribution in [0.1, 0.15) is 17.3 Å². The topological polar surface area (TPSA) is 91.4 Å². The Hall–Kier alpha value is -3.59. The van der Waals surface area contributed by atoms with Crippen LogP contribution in [0.3, 0.4) is 0 Å². The number of hydrogen-bond acceptors (Lipinski definition) is 4. The zero-order valence-electron chi connectivity index (χ0n) is 16.8. The summed E-state index contributed by atoms with van der Waals surface area (Å²) in [5.74, 6) is -0.554. The van der Waals surface area contributed by atoms with E-state index in [-0.39, 0.29) is 17.2 Å². The lowest BCUT2D eigenvalue weighted by Crippen LogP contribution is -2.44. The van der Waals surface area contributed by atoms with E-state index in [0.29, 0.717) is 36.8 Å². The molecule has 0 saturated carbocycles. The largest absolute Gasteiger partial charge is 0.380 e. The molecular weight excluding hydrogens is 404 g/mol. The van der Waals surface area contributed by atoms with E-state index in [0.717, 1.165) is 5.56 Å². The fourth-order valence-corrected chi connectivity index (χ4v) is 2.99. The Morgan fingerprint density at radius 2 is 1.77 bits per heavy atom. The Morgan fingerprint density at radius 3 is 2.39 bits per heavy atom. The van der Waals surface area contributed by atoms with Crippen molar-refractivity contribution in [2.45, 2.75) is 6.92 Å². The molecule has 2 heterocycles. The molecule has 2 aromatic carbocycles. The van der Waals surface area contributed by atoms with Gasteiger partial charge in [0.25, 0.3) is 5.91 Å². The normalized spacial score (nSPS) is 15.3. The second-order valence-electron chi connectivity index (χ2n) is 7.73. The Balaban J connectivity index is 1.51. The quantitative estimate of drug-likeness (QED) is 0.430. The second-order valence-corrected chi connectivity index (χ2v) is 7.73. The molecule has 1 saturated heterocycles. The van der Waals surface area contributed by atoms with E-state index >= 15 is 0 Å². The summed E-state index contributed by atoms with van der Waals surface area (Å²) in [6, 6.07) is 12.9. The number of hydrogen-bond donors (Lipinski definition) is 3.